The van der Waals surface area contributed by atoms with Crippen LogP contribution in [0.5, 0.6) is 5.75 Å². The number of nitrogens with zero attached hydrogens (tertiary/aromatic N) is 1. The molecule has 2 fully saturated rings. The third-order valence-corrected chi connectivity index (χ3v) is 9.56. The molecule has 1 spiro atoms. The van der Waals surface area contributed by atoms with Gasteiger partial charge in [0.05, 0.1) is 12.1 Å². The van der Waals surface area contributed by atoms with E-state index < -0.39 is 23.1 Å². The van der Waals surface area contributed by atoms with Gasteiger partial charge in [-0.2, -0.15) is 0 Å². The number of carboxylic acid groups (broad SMARTS) is 1. The van der Waals surface area contributed by atoms with E-state index in [4.69, 9.17) is 4.74 Å². The minimum absolute atomic E-state index is 0.0800. The van der Waals surface area contributed by atoms with Crippen molar-refractivity contribution in [2.75, 3.05) is 0 Å². The summed E-state index contributed by atoms with van der Waals surface area (Å²) in [5.74, 6) is -1.71. The predicted octanol–water partition coefficient (Wildman–Crippen LogP) is 7.89. The number of halogens is 2. The largest absolute Gasteiger partial charge is 0.486 e. The topological polar surface area (TPSA) is 59.4 Å². The number of aromatic nitrogens is 1. The van der Waals surface area contributed by atoms with Gasteiger partial charge in [0.15, 0.2) is 11.6 Å². The predicted molar refractivity (Wildman–Crippen MR) is 146 cm³/mol. The van der Waals surface area contributed by atoms with Crippen molar-refractivity contribution in [2.24, 2.45) is 11.3 Å². The molecule has 1 aromatic heterocycles. The molecule has 0 aliphatic heterocycles. The molecule has 1 heterocycles. The summed E-state index contributed by atoms with van der Waals surface area (Å²) in [6, 6.07) is 11.4. The van der Waals surface area contributed by atoms with Crippen LogP contribution in [0.4, 0.5) is 8.78 Å². The molecule has 2 saturated carbocycles. The van der Waals surface area contributed by atoms with Crippen molar-refractivity contribution in [3.05, 3.63) is 82.2 Å². The van der Waals surface area contributed by atoms with Crippen molar-refractivity contribution >= 4 is 5.97 Å². The van der Waals surface area contributed by atoms with Gasteiger partial charge in [0, 0.05) is 22.2 Å². The molecule has 6 heteroatoms. The molecule has 0 radical (unpaired) electrons. The zero-order valence-corrected chi connectivity index (χ0v) is 22.8. The van der Waals surface area contributed by atoms with Gasteiger partial charge in [-0.25, -0.2) is 8.78 Å². The molecule has 0 amide bonds. The highest BCUT2D eigenvalue weighted by Crippen LogP contribution is 2.61. The van der Waals surface area contributed by atoms with E-state index in [1.807, 2.05) is 25.1 Å². The number of benzene rings is 2. The van der Waals surface area contributed by atoms with Crippen LogP contribution in [-0.2, 0) is 23.2 Å². The van der Waals surface area contributed by atoms with Gasteiger partial charge < -0.3 is 9.84 Å². The van der Waals surface area contributed by atoms with Crippen molar-refractivity contribution in [3.63, 3.8) is 0 Å². The van der Waals surface area contributed by atoms with Gasteiger partial charge in [0.1, 0.15) is 12.4 Å². The molecule has 3 aromatic rings. The van der Waals surface area contributed by atoms with Crippen molar-refractivity contribution < 1.29 is 23.4 Å². The second-order valence-electron chi connectivity index (χ2n) is 12.5. The van der Waals surface area contributed by atoms with Gasteiger partial charge in [0.25, 0.3) is 0 Å². The average molecular weight is 532 g/mol. The Morgan fingerprint density at radius 3 is 2.64 bits per heavy atom. The molecule has 3 atom stereocenters. The number of fused-ring (bicyclic) bond motifs is 2. The molecule has 39 heavy (non-hydrogen) atoms. The average Bonchev–Trinajstić information content (AvgIpc) is 3.50. The maximum atomic E-state index is 15.9. The maximum Gasteiger partial charge on any atom is 0.307 e. The first-order chi connectivity index (χ1) is 18.6. The first-order valence-electron chi connectivity index (χ1n) is 14.0. The Morgan fingerprint density at radius 2 is 1.92 bits per heavy atom. The minimum atomic E-state index is -0.850. The Bertz CT molecular complexity index is 1470. The molecule has 0 bridgehead atoms. The molecular formula is C33H35F2NO3. The van der Waals surface area contributed by atoms with Crippen LogP contribution < -0.4 is 4.74 Å². The quantitative estimate of drug-likeness (QED) is 0.351. The smallest absolute Gasteiger partial charge is 0.307 e. The van der Waals surface area contributed by atoms with Gasteiger partial charge in [0.2, 0.25) is 0 Å². The van der Waals surface area contributed by atoms with E-state index in [2.05, 4.69) is 24.9 Å². The summed E-state index contributed by atoms with van der Waals surface area (Å²) in [5, 5.41) is 9.62. The summed E-state index contributed by atoms with van der Waals surface area (Å²) in [6.45, 7) is 6.57. The Hall–Kier alpha value is -3.28. The van der Waals surface area contributed by atoms with Gasteiger partial charge in [-0.3, -0.25) is 9.78 Å². The number of rotatable bonds is 6. The molecule has 2 aromatic carbocycles. The summed E-state index contributed by atoms with van der Waals surface area (Å²) in [7, 11) is 0. The number of carbonyl (C=O) groups is 1. The van der Waals surface area contributed by atoms with E-state index in [0.717, 1.165) is 60.1 Å². The Morgan fingerprint density at radius 1 is 1.10 bits per heavy atom. The first-order valence-corrected chi connectivity index (χ1v) is 14.0. The van der Waals surface area contributed by atoms with Gasteiger partial charge >= 0.3 is 5.97 Å². The molecule has 4 nitrogen and oxygen atoms in total. The molecule has 3 aliphatic carbocycles. The molecule has 0 saturated heterocycles. The highest BCUT2D eigenvalue weighted by molar-refractivity contribution is 5.78. The van der Waals surface area contributed by atoms with E-state index in [9.17, 15) is 14.3 Å². The lowest BCUT2D eigenvalue weighted by atomic mass is 9.75. The van der Waals surface area contributed by atoms with Crippen LogP contribution in [0.3, 0.4) is 0 Å². The van der Waals surface area contributed by atoms with Crippen molar-refractivity contribution in [2.45, 2.75) is 83.7 Å². The fourth-order valence-electron chi connectivity index (χ4n) is 7.41. The zero-order chi connectivity index (χ0) is 27.5. The Balaban J connectivity index is 1.33. The number of hydrogen-bond acceptors (Lipinski definition) is 3. The highest BCUT2D eigenvalue weighted by atomic mass is 19.1. The molecule has 204 valence electrons. The van der Waals surface area contributed by atoms with Crippen LogP contribution in [0.15, 0.2) is 42.6 Å². The van der Waals surface area contributed by atoms with E-state index in [0.29, 0.717) is 24.0 Å². The number of aliphatic carboxylic acids is 1. The Kier molecular flexibility index (Phi) is 6.28. The van der Waals surface area contributed by atoms with E-state index in [1.54, 1.807) is 12.1 Å². The van der Waals surface area contributed by atoms with Crippen LogP contribution in [0.2, 0.25) is 0 Å². The first kappa shape index (κ1) is 26.0. The second-order valence-corrected chi connectivity index (χ2v) is 12.5. The van der Waals surface area contributed by atoms with Crippen LogP contribution in [0.25, 0.3) is 11.1 Å². The molecular weight excluding hydrogens is 496 g/mol. The van der Waals surface area contributed by atoms with Crippen LogP contribution in [0.1, 0.15) is 86.2 Å². The monoisotopic (exact) mass is 531 g/mol. The summed E-state index contributed by atoms with van der Waals surface area (Å²) >= 11 is 0. The molecule has 6 rings (SSSR count). The Labute approximate surface area is 228 Å². The van der Waals surface area contributed by atoms with Crippen molar-refractivity contribution in [1.82, 2.24) is 4.98 Å². The summed E-state index contributed by atoms with van der Waals surface area (Å²) in [6.07, 6.45) is 7.36. The summed E-state index contributed by atoms with van der Waals surface area (Å²) < 4.78 is 36.9. The van der Waals surface area contributed by atoms with Crippen LogP contribution in [-0.4, -0.2) is 16.1 Å². The normalized spacial score (nSPS) is 24.9. The van der Waals surface area contributed by atoms with Gasteiger partial charge in [-0.1, -0.05) is 44.5 Å². The number of hydrogen-bond donors (Lipinski definition) is 1. The fraction of sp³-hybridized carbons (Fsp3) is 0.455. The minimum Gasteiger partial charge on any atom is -0.486 e. The van der Waals surface area contributed by atoms with Crippen LogP contribution in [0, 0.1) is 29.9 Å². The number of carboxylic acids is 1. The van der Waals surface area contributed by atoms with E-state index in [-0.39, 0.29) is 29.5 Å². The second kappa shape index (κ2) is 9.42. The number of aryl methyl sites for hydroxylation is 2. The molecule has 1 N–H and O–H groups in total. The fourth-order valence-corrected chi connectivity index (χ4v) is 7.41. The molecule has 3 aliphatic rings. The van der Waals surface area contributed by atoms with E-state index >= 15 is 4.39 Å². The lowest BCUT2D eigenvalue weighted by Gasteiger charge is -2.30. The van der Waals surface area contributed by atoms with Gasteiger partial charge in [-0.05, 0) is 91.2 Å². The highest BCUT2D eigenvalue weighted by Gasteiger charge is 2.62. The van der Waals surface area contributed by atoms with E-state index in [1.165, 1.54) is 6.20 Å². The third-order valence-electron chi connectivity index (χ3n) is 9.56. The SMILES string of the molecule is Cc1cc(-c2ccc(COc3ccc4c(c3F)[C@]3(CCC4)C[C@H]3C(=O)O)cc2[C@@H]2CCCC2(C)C)c(F)cn1. The lowest BCUT2D eigenvalue weighted by molar-refractivity contribution is -0.139. The summed E-state index contributed by atoms with van der Waals surface area (Å²) in [4.78, 5) is 15.8. The molecule has 0 unspecified atom stereocenters. The lowest BCUT2D eigenvalue weighted by Crippen LogP contribution is -2.23. The van der Waals surface area contributed by atoms with Crippen molar-refractivity contribution in [1.29, 1.82) is 0 Å². The van der Waals surface area contributed by atoms with Crippen LogP contribution >= 0.6 is 0 Å². The summed E-state index contributed by atoms with van der Waals surface area (Å²) in [5.41, 5.74) is 5.10. The standard InChI is InChI=1S/C33H35F2NO3/c1-19-14-24(27(34)17-36-19)22-10-8-20(15-23(22)25-7-5-12-32(25,2)3)18-39-28-11-9-21-6-4-13-33(29(21)30(28)35)16-26(33)31(37)38/h8-11,14-15,17,25-26H,4-7,12-13,16,18H2,1-3H3,(H,37,38)/t25-,26-,33+/m0/s1. The number of ether oxygens (including phenoxy) is 1. The number of pyridine rings is 1. The maximum absolute atomic E-state index is 15.9. The zero-order valence-electron chi connectivity index (χ0n) is 22.8. The van der Waals surface area contributed by atoms with Crippen molar-refractivity contribution in [3.8, 4) is 16.9 Å². The third kappa shape index (κ3) is 4.42. The van der Waals surface area contributed by atoms with Gasteiger partial charge in [-0.15, -0.1) is 0 Å².